The molecule has 2 amide bonds. The van der Waals surface area contributed by atoms with Gasteiger partial charge in [0.25, 0.3) is 11.8 Å². The molecule has 0 radical (unpaired) electrons. The molecule has 0 unspecified atom stereocenters. The Balaban J connectivity index is 1.33. The molecule has 0 aromatic heterocycles. The first-order chi connectivity index (χ1) is 14.5. The Morgan fingerprint density at radius 3 is 2.43 bits per heavy atom. The van der Waals surface area contributed by atoms with Crippen molar-refractivity contribution in [3.8, 4) is 5.75 Å². The van der Waals surface area contributed by atoms with E-state index in [9.17, 15) is 9.59 Å². The van der Waals surface area contributed by atoms with Gasteiger partial charge in [0.1, 0.15) is 12.4 Å². The average Bonchev–Trinajstić information content (AvgIpc) is 3.41. The molecule has 0 N–H and O–H groups in total. The third-order valence-corrected chi connectivity index (χ3v) is 6.66. The highest BCUT2D eigenvalue weighted by molar-refractivity contribution is 6.35. The quantitative estimate of drug-likeness (QED) is 0.384. The number of para-hydroxylation sites is 1. The van der Waals surface area contributed by atoms with Crippen LogP contribution in [0, 0.1) is 23.7 Å². The number of imide groups is 1. The summed E-state index contributed by atoms with van der Waals surface area (Å²) in [6, 6.07) is 12.5. The minimum atomic E-state index is -0.261. The summed E-state index contributed by atoms with van der Waals surface area (Å²) in [5.74, 6) is -0.0265. The maximum atomic E-state index is 12.8. The van der Waals surface area contributed by atoms with Gasteiger partial charge in [-0.05, 0) is 42.5 Å². The predicted molar refractivity (Wildman–Crippen MR) is 114 cm³/mol. The molecule has 1 saturated heterocycles. The number of benzene rings is 2. The smallest absolute Gasteiger partial charge is 0.254 e. The van der Waals surface area contributed by atoms with Crippen molar-refractivity contribution >= 4 is 41.2 Å². The Kier molecular flexibility index (Phi) is 4.88. The highest BCUT2D eigenvalue weighted by Gasteiger charge is 2.59. The number of allylic oxidation sites excluding steroid dienone is 2. The largest absolute Gasteiger partial charge is 0.488 e. The zero-order valence-electron chi connectivity index (χ0n) is 15.9. The van der Waals surface area contributed by atoms with Gasteiger partial charge in [0.05, 0.1) is 18.1 Å². The average molecular weight is 441 g/mol. The number of carbonyl (C=O) groups excluding carboxylic acids is 2. The van der Waals surface area contributed by atoms with Crippen LogP contribution in [0.4, 0.5) is 0 Å². The van der Waals surface area contributed by atoms with Crippen molar-refractivity contribution in [3.05, 3.63) is 75.8 Å². The molecule has 2 bridgehead atoms. The summed E-state index contributed by atoms with van der Waals surface area (Å²) in [6.07, 6.45) is 6.53. The van der Waals surface area contributed by atoms with Crippen LogP contribution in [0.3, 0.4) is 0 Å². The van der Waals surface area contributed by atoms with Gasteiger partial charge in [-0.2, -0.15) is 10.1 Å². The maximum absolute atomic E-state index is 12.8. The highest BCUT2D eigenvalue weighted by atomic mass is 35.5. The Morgan fingerprint density at radius 2 is 1.73 bits per heavy atom. The number of fused-ring (bicyclic) bond motifs is 5. The summed E-state index contributed by atoms with van der Waals surface area (Å²) in [5.41, 5.74) is 1.47. The van der Waals surface area contributed by atoms with E-state index in [1.54, 1.807) is 18.2 Å². The number of hydrogen-bond acceptors (Lipinski definition) is 4. The van der Waals surface area contributed by atoms with Crippen LogP contribution in [-0.2, 0) is 16.2 Å². The number of nitrogens with zero attached hydrogens (tertiary/aromatic N) is 2. The number of hydrazone groups is 1. The predicted octanol–water partition coefficient (Wildman–Crippen LogP) is 4.71. The van der Waals surface area contributed by atoms with Crippen LogP contribution in [0.5, 0.6) is 5.75 Å². The van der Waals surface area contributed by atoms with Crippen LogP contribution in [0.25, 0.3) is 0 Å². The summed E-state index contributed by atoms with van der Waals surface area (Å²) in [5, 5.41) is 6.36. The van der Waals surface area contributed by atoms with Crippen LogP contribution in [0.1, 0.15) is 17.5 Å². The molecule has 152 valence electrons. The normalized spacial score (nSPS) is 26.8. The lowest BCUT2D eigenvalue weighted by Crippen LogP contribution is -2.28. The number of halogens is 2. The molecule has 2 aromatic carbocycles. The molecule has 5 nitrogen and oxygen atoms in total. The zero-order valence-corrected chi connectivity index (χ0v) is 17.4. The molecule has 5 rings (SSSR count). The lowest BCUT2D eigenvalue weighted by molar-refractivity contribution is -0.140. The highest BCUT2D eigenvalue weighted by Crippen LogP contribution is 2.52. The first-order valence-corrected chi connectivity index (χ1v) is 10.5. The van der Waals surface area contributed by atoms with Gasteiger partial charge >= 0.3 is 0 Å². The van der Waals surface area contributed by atoms with Crippen LogP contribution in [0.15, 0.2) is 59.7 Å². The van der Waals surface area contributed by atoms with Gasteiger partial charge in [-0.25, -0.2) is 0 Å². The first kappa shape index (κ1) is 19.3. The molecular weight excluding hydrogens is 423 g/mol. The fraction of sp³-hybridized carbons (Fsp3) is 0.261. The molecule has 1 aliphatic heterocycles. The molecule has 2 aliphatic carbocycles. The van der Waals surface area contributed by atoms with Gasteiger partial charge in [-0.1, -0.05) is 53.6 Å². The van der Waals surface area contributed by atoms with Crippen molar-refractivity contribution in [2.75, 3.05) is 0 Å². The summed E-state index contributed by atoms with van der Waals surface area (Å²) < 4.78 is 5.91. The van der Waals surface area contributed by atoms with Crippen molar-refractivity contribution in [1.82, 2.24) is 5.01 Å². The van der Waals surface area contributed by atoms with Crippen molar-refractivity contribution < 1.29 is 14.3 Å². The van der Waals surface area contributed by atoms with E-state index in [1.807, 2.05) is 24.3 Å². The van der Waals surface area contributed by atoms with Gasteiger partial charge in [0.2, 0.25) is 0 Å². The van der Waals surface area contributed by atoms with E-state index in [-0.39, 0.29) is 42.1 Å². The zero-order chi connectivity index (χ0) is 20.8. The third kappa shape index (κ3) is 3.22. The van der Waals surface area contributed by atoms with E-state index in [4.69, 9.17) is 27.9 Å². The lowest BCUT2D eigenvalue weighted by Gasteiger charge is -2.13. The van der Waals surface area contributed by atoms with E-state index < -0.39 is 0 Å². The monoisotopic (exact) mass is 440 g/mol. The van der Waals surface area contributed by atoms with Gasteiger partial charge in [-0.3, -0.25) is 9.59 Å². The molecule has 3 aliphatic rings. The number of hydrogen-bond donors (Lipinski definition) is 0. The summed E-state index contributed by atoms with van der Waals surface area (Å²) in [4.78, 5) is 25.5. The standard InChI is InChI=1S/C23H18Cl2N2O3/c24-17-8-7-16(18(25)10-17)12-30-19-4-2-1-3-15(19)11-26-27-22(28)20-13-5-6-14(9-13)21(20)23(27)29/h1-8,10-11,13-14,20-21H,9,12H2/t13-,14-,20-,21+/m0/s1. The molecule has 4 atom stereocenters. The Morgan fingerprint density at radius 1 is 1.03 bits per heavy atom. The fourth-order valence-corrected chi connectivity index (χ4v) is 5.10. The van der Waals surface area contributed by atoms with Crippen molar-refractivity contribution in [2.45, 2.75) is 13.0 Å². The SMILES string of the molecule is O=C1[C@@H]2[C@H](C(=O)N1N=Cc1ccccc1OCc1ccc(Cl)cc1Cl)[C@H]1C=C[C@H]2C1. The third-order valence-electron chi connectivity index (χ3n) is 6.08. The summed E-state index contributed by atoms with van der Waals surface area (Å²) in [7, 11) is 0. The number of amides is 2. The minimum absolute atomic E-state index is 0.163. The van der Waals surface area contributed by atoms with E-state index in [2.05, 4.69) is 17.3 Å². The van der Waals surface area contributed by atoms with Crippen molar-refractivity contribution in [1.29, 1.82) is 0 Å². The van der Waals surface area contributed by atoms with E-state index in [1.165, 1.54) is 6.21 Å². The maximum Gasteiger partial charge on any atom is 0.254 e. The number of rotatable bonds is 5. The summed E-state index contributed by atoms with van der Waals surface area (Å²) in [6.45, 7) is 0.252. The molecule has 2 aromatic rings. The second-order valence-corrected chi connectivity index (χ2v) is 8.64. The molecule has 1 heterocycles. The van der Waals surface area contributed by atoms with Crippen LogP contribution in [-0.4, -0.2) is 23.0 Å². The second-order valence-electron chi connectivity index (χ2n) is 7.79. The van der Waals surface area contributed by atoms with E-state index in [0.29, 0.717) is 21.4 Å². The van der Waals surface area contributed by atoms with Crippen LogP contribution >= 0.6 is 23.2 Å². The first-order valence-electron chi connectivity index (χ1n) is 9.79. The van der Waals surface area contributed by atoms with Crippen LogP contribution in [0.2, 0.25) is 10.0 Å². The van der Waals surface area contributed by atoms with Gasteiger partial charge < -0.3 is 4.74 Å². The van der Waals surface area contributed by atoms with Gasteiger partial charge in [-0.15, -0.1) is 0 Å². The molecule has 7 heteroatoms. The fourth-order valence-electron chi connectivity index (χ4n) is 4.63. The van der Waals surface area contributed by atoms with Crippen LogP contribution < -0.4 is 4.74 Å². The minimum Gasteiger partial charge on any atom is -0.488 e. The molecule has 1 saturated carbocycles. The van der Waals surface area contributed by atoms with E-state index >= 15 is 0 Å². The molecular formula is C23H18Cl2N2O3. The molecule has 0 spiro atoms. The Hall–Kier alpha value is -2.63. The molecule has 30 heavy (non-hydrogen) atoms. The molecule has 2 fully saturated rings. The Bertz CT molecular complexity index is 1070. The number of ether oxygens (including phenoxy) is 1. The number of carbonyl (C=O) groups is 2. The second kappa shape index (κ2) is 7.56. The van der Waals surface area contributed by atoms with Gasteiger partial charge in [0, 0.05) is 21.2 Å². The van der Waals surface area contributed by atoms with Gasteiger partial charge in [0.15, 0.2) is 0 Å². The van der Waals surface area contributed by atoms with E-state index in [0.717, 1.165) is 17.0 Å². The summed E-state index contributed by atoms with van der Waals surface area (Å²) >= 11 is 12.1. The van der Waals surface area contributed by atoms with Crippen molar-refractivity contribution in [2.24, 2.45) is 28.8 Å². The van der Waals surface area contributed by atoms with Crippen molar-refractivity contribution in [3.63, 3.8) is 0 Å². The lowest BCUT2D eigenvalue weighted by atomic mass is 9.85. The Labute approximate surface area is 183 Å². The topological polar surface area (TPSA) is 59.0 Å².